The van der Waals surface area contributed by atoms with Crippen LogP contribution < -0.4 is 16.0 Å². The number of rotatable bonds is 7. The standard InChI is InChI=1S/C17H23N5O2S2/c1-5-18-15(24)20-14(23)11(4)25-17-22-21-16(26-17)19-13-8-6-12(7-9-13)10(2)3/h6-11H,5H2,1-4H3,(H,19,21)(H2,18,20,23,24). The van der Waals surface area contributed by atoms with Gasteiger partial charge in [0.2, 0.25) is 11.0 Å². The third-order valence-corrected chi connectivity index (χ3v) is 5.48. The van der Waals surface area contributed by atoms with Gasteiger partial charge in [0.25, 0.3) is 0 Å². The number of thioether (sulfide) groups is 1. The van der Waals surface area contributed by atoms with Gasteiger partial charge in [-0.1, -0.05) is 49.1 Å². The molecule has 0 bridgehead atoms. The van der Waals surface area contributed by atoms with Crippen LogP contribution in [0.5, 0.6) is 0 Å². The van der Waals surface area contributed by atoms with E-state index in [-0.39, 0.29) is 5.91 Å². The average molecular weight is 394 g/mol. The fourth-order valence-electron chi connectivity index (χ4n) is 2.01. The predicted octanol–water partition coefficient (Wildman–Crippen LogP) is 3.73. The molecule has 26 heavy (non-hydrogen) atoms. The van der Waals surface area contributed by atoms with Gasteiger partial charge in [0.05, 0.1) is 5.25 Å². The number of carbonyl (C=O) groups is 2. The summed E-state index contributed by atoms with van der Waals surface area (Å²) < 4.78 is 0.657. The number of imide groups is 1. The van der Waals surface area contributed by atoms with Gasteiger partial charge in [-0.3, -0.25) is 10.1 Å². The van der Waals surface area contributed by atoms with Gasteiger partial charge < -0.3 is 10.6 Å². The number of hydrogen-bond donors (Lipinski definition) is 3. The number of anilines is 2. The topological polar surface area (TPSA) is 96.0 Å². The Hall–Kier alpha value is -2.13. The number of nitrogens with zero attached hydrogens (tertiary/aromatic N) is 2. The molecule has 1 aromatic heterocycles. The molecule has 1 aromatic carbocycles. The van der Waals surface area contributed by atoms with E-state index in [1.807, 2.05) is 12.1 Å². The van der Waals surface area contributed by atoms with Crippen molar-refractivity contribution in [3.63, 3.8) is 0 Å². The van der Waals surface area contributed by atoms with Crippen molar-refractivity contribution in [1.29, 1.82) is 0 Å². The summed E-state index contributed by atoms with van der Waals surface area (Å²) in [5.74, 6) is 0.121. The molecule has 3 N–H and O–H groups in total. The first-order valence-electron chi connectivity index (χ1n) is 8.34. The van der Waals surface area contributed by atoms with Gasteiger partial charge in [-0.2, -0.15) is 0 Å². The van der Waals surface area contributed by atoms with E-state index in [1.54, 1.807) is 13.8 Å². The van der Waals surface area contributed by atoms with Gasteiger partial charge in [0, 0.05) is 12.2 Å². The lowest BCUT2D eigenvalue weighted by Crippen LogP contribution is -2.42. The first-order valence-corrected chi connectivity index (χ1v) is 10.0. The van der Waals surface area contributed by atoms with E-state index in [1.165, 1.54) is 28.7 Å². The largest absolute Gasteiger partial charge is 0.338 e. The maximum Gasteiger partial charge on any atom is 0.321 e. The molecule has 0 spiro atoms. The Morgan fingerprint density at radius 2 is 1.85 bits per heavy atom. The highest BCUT2D eigenvalue weighted by Crippen LogP contribution is 2.30. The SMILES string of the molecule is CCNC(=O)NC(=O)C(C)Sc1nnc(Nc2ccc(C(C)C)cc2)s1. The van der Waals surface area contributed by atoms with Crippen LogP contribution in [-0.4, -0.2) is 33.9 Å². The lowest BCUT2D eigenvalue weighted by Gasteiger charge is -2.09. The van der Waals surface area contributed by atoms with E-state index in [0.717, 1.165) is 5.69 Å². The maximum absolute atomic E-state index is 12.0. The molecule has 2 aromatic rings. The van der Waals surface area contributed by atoms with Crippen molar-refractivity contribution >= 4 is 45.9 Å². The third kappa shape index (κ3) is 5.99. The number of amides is 3. The van der Waals surface area contributed by atoms with E-state index >= 15 is 0 Å². The molecule has 1 unspecified atom stereocenters. The van der Waals surface area contributed by atoms with E-state index in [0.29, 0.717) is 21.9 Å². The normalized spacial score (nSPS) is 11.9. The molecule has 0 saturated heterocycles. The van der Waals surface area contributed by atoms with Crippen LogP contribution in [0.1, 0.15) is 39.2 Å². The predicted molar refractivity (Wildman–Crippen MR) is 106 cm³/mol. The van der Waals surface area contributed by atoms with Crippen molar-refractivity contribution in [3.05, 3.63) is 29.8 Å². The molecular weight excluding hydrogens is 370 g/mol. The van der Waals surface area contributed by atoms with E-state index < -0.39 is 11.3 Å². The summed E-state index contributed by atoms with van der Waals surface area (Å²) in [6, 6.07) is 7.68. The lowest BCUT2D eigenvalue weighted by atomic mass is 10.0. The minimum Gasteiger partial charge on any atom is -0.338 e. The number of aromatic nitrogens is 2. The maximum atomic E-state index is 12.0. The molecule has 1 atom stereocenters. The highest BCUT2D eigenvalue weighted by molar-refractivity contribution is 8.02. The number of benzene rings is 1. The van der Waals surface area contributed by atoms with Crippen LogP contribution in [0.2, 0.25) is 0 Å². The fourth-order valence-corrected chi connectivity index (χ4v) is 3.92. The van der Waals surface area contributed by atoms with E-state index in [4.69, 9.17) is 0 Å². The van der Waals surface area contributed by atoms with Crippen LogP contribution in [0.15, 0.2) is 28.6 Å². The number of carbonyl (C=O) groups excluding carboxylic acids is 2. The number of urea groups is 1. The van der Waals surface area contributed by atoms with Crippen molar-refractivity contribution < 1.29 is 9.59 Å². The Kier molecular flexibility index (Phi) is 7.40. The van der Waals surface area contributed by atoms with Crippen LogP contribution in [0.4, 0.5) is 15.6 Å². The average Bonchev–Trinajstić information content (AvgIpc) is 3.02. The minimum atomic E-state index is -0.491. The molecule has 0 fully saturated rings. The molecule has 0 aliphatic rings. The van der Waals surface area contributed by atoms with Crippen molar-refractivity contribution in [2.75, 3.05) is 11.9 Å². The first kappa shape index (κ1) is 20.2. The molecule has 9 heteroatoms. The van der Waals surface area contributed by atoms with E-state index in [9.17, 15) is 9.59 Å². The molecule has 7 nitrogen and oxygen atoms in total. The summed E-state index contributed by atoms with van der Waals surface area (Å²) in [5, 5.41) is 16.4. The second-order valence-electron chi connectivity index (χ2n) is 5.88. The zero-order chi connectivity index (χ0) is 19.1. The monoisotopic (exact) mass is 393 g/mol. The number of hydrogen-bond acceptors (Lipinski definition) is 7. The van der Waals surface area contributed by atoms with Crippen molar-refractivity contribution in [1.82, 2.24) is 20.8 Å². The molecule has 140 valence electrons. The fraction of sp³-hybridized carbons (Fsp3) is 0.412. The second-order valence-corrected chi connectivity index (χ2v) is 8.45. The summed E-state index contributed by atoms with van der Waals surface area (Å²) >= 11 is 2.62. The van der Waals surface area contributed by atoms with Gasteiger partial charge >= 0.3 is 6.03 Å². The summed E-state index contributed by atoms with van der Waals surface area (Å²) in [4.78, 5) is 23.4. The first-order chi connectivity index (χ1) is 12.4. The van der Waals surface area contributed by atoms with Crippen LogP contribution >= 0.6 is 23.1 Å². The summed E-state index contributed by atoms with van der Waals surface area (Å²) in [5.41, 5.74) is 2.21. The summed E-state index contributed by atoms with van der Waals surface area (Å²) in [7, 11) is 0. The molecule has 2 rings (SSSR count). The quantitative estimate of drug-likeness (QED) is 0.620. The highest BCUT2D eigenvalue weighted by Gasteiger charge is 2.19. The minimum absolute atomic E-state index is 0.366. The number of nitrogens with one attached hydrogen (secondary N) is 3. The molecule has 3 amide bonds. The third-order valence-electron chi connectivity index (χ3n) is 3.46. The van der Waals surface area contributed by atoms with Crippen LogP contribution in [0.3, 0.4) is 0 Å². The zero-order valence-corrected chi connectivity index (χ0v) is 16.8. The molecular formula is C17H23N5O2S2. The van der Waals surface area contributed by atoms with Crippen molar-refractivity contribution in [2.45, 2.75) is 43.2 Å². The Labute approximate surface area is 161 Å². The second kappa shape index (κ2) is 9.54. The smallest absolute Gasteiger partial charge is 0.321 e. The summed E-state index contributed by atoms with van der Waals surface area (Å²) in [6.07, 6.45) is 0. The lowest BCUT2D eigenvalue weighted by molar-refractivity contribution is -0.119. The van der Waals surface area contributed by atoms with E-state index in [2.05, 4.69) is 52.1 Å². The molecule has 1 heterocycles. The van der Waals surface area contributed by atoms with Crippen LogP contribution in [0, 0.1) is 0 Å². The van der Waals surface area contributed by atoms with Crippen molar-refractivity contribution in [2.24, 2.45) is 0 Å². The molecule has 0 aliphatic carbocycles. The Morgan fingerprint density at radius 1 is 1.15 bits per heavy atom. The highest BCUT2D eigenvalue weighted by atomic mass is 32.2. The zero-order valence-electron chi connectivity index (χ0n) is 15.2. The van der Waals surface area contributed by atoms with Crippen LogP contribution in [-0.2, 0) is 4.79 Å². The Morgan fingerprint density at radius 3 is 2.46 bits per heavy atom. The van der Waals surface area contributed by atoms with Gasteiger partial charge in [0.15, 0.2) is 4.34 Å². The Bertz CT molecular complexity index is 746. The molecule has 0 saturated carbocycles. The van der Waals surface area contributed by atoms with Gasteiger partial charge in [-0.25, -0.2) is 4.79 Å². The molecule has 0 radical (unpaired) electrons. The van der Waals surface area contributed by atoms with Gasteiger partial charge in [-0.15, -0.1) is 10.2 Å². The van der Waals surface area contributed by atoms with Gasteiger partial charge in [0.1, 0.15) is 0 Å². The summed E-state index contributed by atoms with van der Waals surface area (Å²) in [6.45, 7) is 8.27. The molecule has 0 aliphatic heterocycles. The Balaban J connectivity index is 1.90. The van der Waals surface area contributed by atoms with Crippen molar-refractivity contribution in [3.8, 4) is 0 Å². The van der Waals surface area contributed by atoms with Gasteiger partial charge in [-0.05, 0) is 37.5 Å². The van der Waals surface area contributed by atoms with Crippen LogP contribution in [0.25, 0.3) is 0 Å².